The van der Waals surface area contributed by atoms with E-state index in [-0.39, 0.29) is 0 Å². The monoisotopic (exact) mass is 1240 g/mol. The van der Waals surface area contributed by atoms with E-state index in [1.54, 1.807) is 0 Å². The standard InChI is InChI=1S/C96H62N2/c1-95(87-31-14-13-30-86(87)94-91(95)35-18-36-93(94)98(70-45-49-78-64(55-70)41-38-61-20-3-6-23-74(61)78)71-46-50-79-65(56-71)42-39-62-21-4-7-24-75(62)79)59-67-53-66-57-69(44-51-80(66)81-26-9-8-25-76(67)81)97(68-43-48-77-63(54-68)40-37-60-19-2-5-22-73(60)77)72-47-52-85-84-29-12-17-34-90(84)96(92(85)58-72)88-32-15-10-27-82(88)83-28-11-16-33-89(83)96/h2-58H,59H2,1H3. The number of fused-ring (bicyclic) bond motifs is 25. The molecular weight excluding hydrogens is 1180 g/mol. The van der Waals surface area contributed by atoms with Crippen LogP contribution in [0, 0.1) is 0 Å². The molecule has 0 bridgehead atoms. The topological polar surface area (TPSA) is 6.48 Å². The number of anilines is 6. The van der Waals surface area contributed by atoms with Crippen LogP contribution in [-0.4, -0.2) is 0 Å². The van der Waals surface area contributed by atoms with E-state index >= 15 is 0 Å². The number of nitrogens with zero attached hydrogens (tertiary/aromatic N) is 2. The van der Waals surface area contributed by atoms with Crippen molar-refractivity contribution in [2.24, 2.45) is 0 Å². The SMILES string of the molecule is CC1(Cc2cc3cc(N(c4ccc5c(c4)C4(c6ccccc6-c6ccccc64)c4ccccc4-5)c4ccc5c(ccc6ccccc65)c4)ccc3c3ccccc23)c2ccccc2-c2c(N(c3ccc4c(ccc5ccccc54)c3)c3ccc4c(ccc5ccccc54)c3)cccc21. The summed E-state index contributed by atoms with van der Waals surface area (Å²) in [7, 11) is 0. The van der Waals surface area contributed by atoms with E-state index in [0.717, 1.165) is 40.5 Å². The summed E-state index contributed by atoms with van der Waals surface area (Å²) in [4.78, 5) is 5.06. The van der Waals surface area contributed by atoms with Crippen LogP contribution in [0.5, 0.6) is 0 Å². The van der Waals surface area contributed by atoms with Crippen molar-refractivity contribution in [1.82, 2.24) is 0 Å². The Labute approximate surface area is 568 Å². The first kappa shape index (κ1) is 55.0. The molecule has 0 saturated heterocycles. The Morgan fingerprint density at radius 2 is 0.582 bits per heavy atom. The fraction of sp³-hybridized carbons (Fsp3) is 0.0417. The first-order valence-electron chi connectivity index (χ1n) is 34.4. The highest BCUT2D eigenvalue weighted by Gasteiger charge is 2.52. The zero-order chi connectivity index (χ0) is 64.4. The summed E-state index contributed by atoms with van der Waals surface area (Å²) in [5, 5.41) is 19.9. The van der Waals surface area contributed by atoms with E-state index in [2.05, 4.69) is 363 Å². The lowest BCUT2D eigenvalue weighted by atomic mass is 9.70. The Morgan fingerprint density at radius 3 is 1.10 bits per heavy atom. The van der Waals surface area contributed by atoms with E-state index < -0.39 is 10.8 Å². The lowest BCUT2D eigenvalue weighted by Gasteiger charge is -2.32. The fourth-order valence-electron chi connectivity index (χ4n) is 18.3. The largest absolute Gasteiger partial charge is 0.310 e. The molecule has 456 valence electrons. The maximum Gasteiger partial charge on any atom is 0.0726 e. The van der Waals surface area contributed by atoms with Crippen LogP contribution in [0.25, 0.3) is 120 Å². The van der Waals surface area contributed by atoms with Gasteiger partial charge in [-0.15, -0.1) is 0 Å². The molecule has 0 aliphatic heterocycles. The van der Waals surface area contributed by atoms with Crippen LogP contribution in [0.15, 0.2) is 346 Å². The summed E-state index contributed by atoms with van der Waals surface area (Å²) in [6.07, 6.45) is 0.784. The average molecular weight is 1240 g/mol. The summed E-state index contributed by atoms with van der Waals surface area (Å²) in [5.74, 6) is 0. The third kappa shape index (κ3) is 7.80. The van der Waals surface area contributed by atoms with Crippen molar-refractivity contribution < 1.29 is 0 Å². The van der Waals surface area contributed by atoms with Crippen molar-refractivity contribution in [3.05, 3.63) is 385 Å². The smallest absolute Gasteiger partial charge is 0.0726 e. The number of hydrogen-bond donors (Lipinski definition) is 0. The van der Waals surface area contributed by atoms with Crippen LogP contribution in [0.1, 0.15) is 45.9 Å². The van der Waals surface area contributed by atoms with Crippen LogP contribution < -0.4 is 9.80 Å². The van der Waals surface area contributed by atoms with Crippen LogP contribution in [0.2, 0.25) is 0 Å². The van der Waals surface area contributed by atoms with Gasteiger partial charge in [0.15, 0.2) is 0 Å². The van der Waals surface area contributed by atoms with Crippen molar-refractivity contribution in [2.45, 2.75) is 24.2 Å². The highest BCUT2D eigenvalue weighted by molar-refractivity contribution is 6.14. The molecule has 0 N–H and O–H groups in total. The Kier molecular flexibility index (Phi) is 11.7. The molecule has 18 aromatic rings. The lowest BCUT2D eigenvalue weighted by Crippen LogP contribution is -2.26. The zero-order valence-corrected chi connectivity index (χ0v) is 54.0. The second-order valence-electron chi connectivity index (χ2n) is 27.6. The molecule has 0 saturated carbocycles. The van der Waals surface area contributed by atoms with Gasteiger partial charge in [-0.3, -0.25) is 0 Å². The van der Waals surface area contributed by atoms with Gasteiger partial charge in [0.2, 0.25) is 0 Å². The Hall–Kier alpha value is -12.4. The Morgan fingerprint density at radius 1 is 0.224 bits per heavy atom. The minimum absolute atomic E-state index is 0.414. The van der Waals surface area contributed by atoms with Gasteiger partial charge in [0.05, 0.1) is 11.1 Å². The number of rotatable bonds is 8. The molecule has 3 aliphatic rings. The first-order chi connectivity index (χ1) is 48.4. The van der Waals surface area contributed by atoms with Gasteiger partial charge in [0.25, 0.3) is 0 Å². The lowest BCUT2D eigenvalue weighted by molar-refractivity contribution is 0.585. The second-order valence-corrected chi connectivity index (χ2v) is 27.6. The van der Waals surface area contributed by atoms with E-state index in [9.17, 15) is 0 Å². The minimum Gasteiger partial charge on any atom is -0.310 e. The molecule has 1 unspecified atom stereocenters. The molecule has 1 spiro atoms. The highest BCUT2D eigenvalue weighted by atomic mass is 15.2. The maximum atomic E-state index is 2.53. The predicted octanol–water partition coefficient (Wildman–Crippen LogP) is 25.7. The van der Waals surface area contributed by atoms with E-state index in [4.69, 9.17) is 0 Å². The molecule has 0 radical (unpaired) electrons. The van der Waals surface area contributed by atoms with Crippen LogP contribution in [0.4, 0.5) is 34.1 Å². The molecule has 0 heterocycles. The van der Waals surface area contributed by atoms with Crippen molar-refractivity contribution >= 4 is 120 Å². The third-order valence-corrected chi connectivity index (χ3v) is 22.6. The maximum absolute atomic E-state index is 2.53. The van der Waals surface area contributed by atoms with Crippen LogP contribution >= 0.6 is 0 Å². The average Bonchev–Trinajstić information content (AvgIpc) is 1.51. The molecule has 0 amide bonds. The van der Waals surface area contributed by atoms with Gasteiger partial charge in [-0.2, -0.15) is 0 Å². The Bertz CT molecular complexity index is 6290. The molecule has 1 atom stereocenters. The van der Waals surface area contributed by atoms with Gasteiger partial charge < -0.3 is 9.80 Å². The fourth-order valence-corrected chi connectivity index (χ4v) is 18.3. The molecule has 2 heteroatoms. The first-order valence-corrected chi connectivity index (χ1v) is 34.4. The summed E-state index contributed by atoms with van der Waals surface area (Å²) >= 11 is 0. The van der Waals surface area contributed by atoms with E-state index in [1.165, 1.54) is 159 Å². The van der Waals surface area contributed by atoms with E-state index in [1.807, 2.05) is 0 Å². The molecule has 3 aliphatic carbocycles. The summed E-state index contributed by atoms with van der Waals surface area (Å²) in [6, 6.07) is 131. The molecular formula is C96H62N2. The molecule has 0 fully saturated rings. The van der Waals surface area contributed by atoms with Crippen molar-refractivity contribution in [2.75, 3.05) is 9.80 Å². The van der Waals surface area contributed by atoms with Gasteiger partial charge in [-0.05, 0) is 226 Å². The third-order valence-electron chi connectivity index (χ3n) is 22.6. The van der Waals surface area contributed by atoms with Crippen LogP contribution in [0.3, 0.4) is 0 Å². The molecule has 2 nitrogen and oxygen atoms in total. The van der Waals surface area contributed by atoms with Gasteiger partial charge in [0.1, 0.15) is 0 Å². The zero-order valence-electron chi connectivity index (χ0n) is 54.0. The normalized spacial score (nSPS) is 14.5. The van der Waals surface area contributed by atoms with Crippen molar-refractivity contribution in [3.63, 3.8) is 0 Å². The number of benzene rings is 18. The van der Waals surface area contributed by atoms with Gasteiger partial charge in [-0.25, -0.2) is 0 Å². The van der Waals surface area contributed by atoms with Gasteiger partial charge >= 0.3 is 0 Å². The molecule has 18 aromatic carbocycles. The van der Waals surface area contributed by atoms with Crippen molar-refractivity contribution in [3.8, 4) is 33.4 Å². The minimum atomic E-state index is -0.495. The predicted molar refractivity (Wildman–Crippen MR) is 414 cm³/mol. The second kappa shape index (κ2) is 20.8. The quantitative estimate of drug-likeness (QED) is 0.140. The summed E-state index contributed by atoms with van der Waals surface area (Å²) in [6.45, 7) is 2.51. The van der Waals surface area contributed by atoms with Crippen molar-refractivity contribution in [1.29, 1.82) is 0 Å². The molecule has 98 heavy (non-hydrogen) atoms. The number of hydrogen-bond acceptors (Lipinski definition) is 2. The van der Waals surface area contributed by atoms with Crippen LogP contribution in [-0.2, 0) is 17.3 Å². The summed E-state index contributed by atoms with van der Waals surface area (Å²) < 4.78 is 0. The molecule has 21 rings (SSSR count). The molecule has 0 aromatic heterocycles. The van der Waals surface area contributed by atoms with Gasteiger partial charge in [-0.1, -0.05) is 286 Å². The van der Waals surface area contributed by atoms with E-state index in [0.29, 0.717) is 0 Å². The van der Waals surface area contributed by atoms with Gasteiger partial charge in [0, 0.05) is 39.4 Å². The Balaban J connectivity index is 0.744. The highest BCUT2D eigenvalue weighted by Crippen LogP contribution is 2.64. The summed E-state index contributed by atoms with van der Waals surface area (Å²) in [5.41, 5.74) is 22.9.